The van der Waals surface area contributed by atoms with E-state index < -0.39 is 5.41 Å². The summed E-state index contributed by atoms with van der Waals surface area (Å²) in [5.74, 6) is 0.245. The Morgan fingerprint density at radius 1 is 0.974 bits per heavy atom. The van der Waals surface area contributed by atoms with Crippen LogP contribution < -0.4 is 5.32 Å². The third-order valence-electron chi connectivity index (χ3n) is 8.15. The molecule has 1 N–H and O–H groups in total. The zero-order valence-corrected chi connectivity index (χ0v) is 22.9. The molecule has 5 heteroatoms. The first kappa shape index (κ1) is 25.8. The van der Waals surface area contributed by atoms with Crippen molar-refractivity contribution in [1.82, 2.24) is 9.88 Å². The number of aromatic nitrogens is 1. The molecular formula is C33H36N2O3. The van der Waals surface area contributed by atoms with Gasteiger partial charge in [0.15, 0.2) is 0 Å². The predicted octanol–water partition coefficient (Wildman–Crippen LogP) is 6.56. The van der Waals surface area contributed by atoms with Crippen LogP contribution in [-0.2, 0) is 28.0 Å². The van der Waals surface area contributed by atoms with Gasteiger partial charge in [-0.25, -0.2) is 0 Å². The molecule has 1 aliphatic rings. The van der Waals surface area contributed by atoms with Crippen molar-refractivity contribution in [3.8, 4) is 0 Å². The van der Waals surface area contributed by atoms with Crippen LogP contribution in [0.3, 0.4) is 0 Å². The second-order valence-corrected chi connectivity index (χ2v) is 10.9. The summed E-state index contributed by atoms with van der Waals surface area (Å²) < 4.78 is 7.33. The Morgan fingerprint density at radius 2 is 1.71 bits per heavy atom. The van der Waals surface area contributed by atoms with E-state index in [1.165, 1.54) is 29.5 Å². The van der Waals surface area contributed by atoms with Crippen molar-refractivity contribution < 1.29 is 14.3 Å². The van der Waals surface area contributed by atoms with Gasteiger partial charge in [-0.1, -0.05) is 62.4 Å². The number of aryl methyl sites for hydroxylation is 1. The highest BCUT2D eigenvalue weighted by Gasteiger charge is 2.52. The van der Waals surface area contributed by atoms with E-state index in [9.17, 15) is 9.59 Å². The van der Waals surface area contributed by atoms with Gasteiger partial charge < -0.3 is 14.6 Å². The Labute approximate surface area is 224 Å². The normalized spacial score (nSPS) is 14.1. The number of carbonyl (C=O) groups excluding carboxylic acids is 2. The monoisotopic (exact) mass is 508 g/mol. The van der Waals surface area contributed by atoms with Crippen molar-refractivity contribution in [2.24, 2.45) is 0 Å². The van der Waals surface area contributed by atoms with Gasteiger partial charge in [-0.2, -0.15) is 0 Å². The number of esters is 1. The molecule has 4 aromatic rings. The summed E-state index contributed by atoms with van der Waals surface area (Å²) in [6, 6.07) is 22.7. The number of hydrogen-bond acceptors (Lipinski definition) is 3. The molecule has 0 atom stereocenters. The van der Waals surface area contributed by atoms with Crippen molar-refractivity contribution in [1.29, 1.82) is 0 Å². The number of nitrogens with one attached hydrogen (secondary N) is 1. The van der Waals surface area contributed by atoms with Gasteiger partial charge in [0.25, 0.3) is 5.91 Å². The Morgan fingerprint density at radius 3 is 2.37 bits per heavy atom. The second-order valence-electron chi connectivity index (χ2n) is 10.9. The highest BCUT2D eigenvalue weighted by Crippen LogP contribution is 2.49. The highest BCUT2D eigenvalue weighted by atomic mass is 16.5. The van der Waals surface area contributed by atoms with E-state index in [1.807, 2.05) is 12.1 Å². The lowest BCUT2D eigenvalue weighted by atomic mass is 9.95. The van der Waals surface area contributed by atoms with E-state index in [4.69, 9.17) is 4.74 Å². The van der Waals surface area contributed by atoms with Crippen LogP contribution in [-0.4, -0.2) is 23.6 Å². The standard InChI is InChI=1S/C33H36N2O3/c1-21(2)26-8-6-7-25(17-26)19-34-31(36)27-11-14-30-29(18-27)22(3)23(4)35(30)20-24-9-12-28(13-10-24)33(15-16-33)32(37)38-5/h6-14,17-18,21H,15-16,19-20H2,1-5H3,(H,34,36). The number of ether oxygens (including phenoxy) is 1. The molecule has 0 spiro atoms. The molecule has 1 fully saturated rings. The van der Waals surface area contributed by atoms with Gasteiger partial charge in [0.1, 0.15) is 0 Å². The third kappa shape index (κ3) is 4.73. The average molecular weight is 509 g/mol. The summed E-state index contributed by atoms with van der Waals surface area (Å²) in [4.78, 5) is 25.2. The van der Waals surface area contributed by atoms with Crippen molar-refractivity contribution in [3.05, 3.63) is 106 Å². The molecule has 0 radical (unpaired) electrons. The summed E-state index contributed by atoms with van der Waals surface area (Å²) >= 11 is 0. The minimum atomic E-state index is -0.450. The fourth-order valence-electron chi connectivity index (χ4n) is 5.38. The lowest BCUT2D eigenvalue weighted by Crippen LogP contribution is -2.22. The molecule has 5 nitrogen and oxygen atoms in total. The molecule has 0 unspecified atom stereocenters. The topological polar surface area (TPSA) is 60.3 Å². The molecule has 1 heterocycles. The third-order valence-corrected chi connectivity index (χ3v) is 8.15. The maximum Gasteiger partial charge on any atom is 0.316 e. The summed E-state index contributed by atoms with van der Waals surface area (Å²) in [6.45, 7) is 9.81. The summed E-state index contributed by atoms with van der Waals surface area (Å²) in [5.41, 5.74) is 8.26. The largest absolute Gasteiger partial charge is 0.468 e. The highest BCUT2D eigenvalue weighted by molar-refractivity contribution is 5.99. The smallest absolute Gasteiger partial charge is 0.316 e. The molecule has 0 aliphatic heterocycles. The lowest BCUT2D eigenvalue weighted by Gasteiger charge is -2.14. The van der Waals surface area contributed by atoms with E-state index >= 15 is 0 Å². The SMILES string of the molecule is COC(=O)C1(c2ccc(Cn3c(C)c(C)c4cc(C(=O)NCc5cccc(C(C)C)c5)ccc43)cc2)CC1. The van der Waals surface area contributed by atoms with Gasteiger partial charge in [-0.05, 0) is 78.6 Å². The van der Waals surface area contributed by atoms with Gasteiger partial charge >= 0.3 is 5.97 Å². The van der Waals surface area contributed by atoms with Crippen LogP contribution in [0.1, 0.15) is 76.5 Å². The summed E-state index contributed by atoms with van der Waals surface area (Å²) in [6.07, 6.45) is 1.69. The zero-order valence-electron chi connectivity index (χ0n) is 22.9. The maximum atomic E-state index is 13.0. The van der Waals surface area contributed by atoms with E-state index in [0.29, 0.717) is 18.0 Å². The van der Waals surface area contributed by atoms with Crippen molar-refractivity contribution in [2.75, 3.05) is 7.11 Å². The Balaban J connectivity index is 1.33. The number of amides is 1. The quantitative estimate of drug-likeness (QED) is 0.274. The molecule has 0 saturated heterocycles. The van der Waals surface area contributed by atoms with Gasteiger partial charge in [0.2, 0.25) is 0 Å². The van der Waals surface area contributed by atoms with E-state index in [-0.39, 0.29) is 11.9 Å². The first-order valence-electron chi connectivity index (χ1n) is 13.4. The molecule has 1 aromatic heterocycles. The van der Waals surface area contributed by atoms with Gasteiger partial charge in [-0.15, -0.1) is 0 Å². The molecule has 0 bridgehead atoms. The Hall–Kier alpha value is -3.86. The number of carbonyl (C=O) groups is 2. The minimum Gasteiger partial charge on any atom is -0.468 e. The molecule has 3 aromatic carbocycles. The Bertz CT molecular complexity index is 1510. The molecular weight excluding hydrogens is 472 g/mol. The summed E-state index contributed by atoms with van der Waals surface area (Å²) in [7, 11) is 1.46. The van der Waals surface area contributed by atoms with Gasteiger partial charge in [-0.3, -0.25) is 9.59 Å². The van der Waals surface area contributed by atoms with Crippen LogP contribution in [0.2, 0.25) is 0 Å². The number of hydrogen-bond donors (Lipinski definition) is 1. The van der Waals surface area contributed by atoms with Crippen LogP contribution >= 0.6 is 0 Å². The molecule has 1 saturated carbocycles. The van der Waals surface area contributed by atoms with Crippen molar-refractivity contribution >= 4 is 22.8 Å². The molecule has 1 aliphatic carbocycles. The van der Waals surface area contributed by atoms with Crippen molar-refractivity contribution in [2.45, 2.75) is 65.0 Å². The number of benzene rings is 3. The predicted molar refractivity (Wildman–Crippen MR) is 152 cm³/mol. The number of nitrogens with zero attached hydrogens (tertiary/aromatic N) is 1. The van der Waals surface area contributed by atoms with Crippen molar-refractivity contribution in [3.63, 3.8) is 0 Å². The molecule has 1 amide bonds. The van der Waals surface area contributed by atoms with Crippen LogP contribution in [0, 0.1) is 13.8 Å². The zero-order chi connectivity index (χ0) is 27.0. The molecule has 5 rings (SSSR count). The van der Waals surface area contributed by atoms with Gasteiger partial charge in [0.05, 0.1) is 12.5 Å². The van der Waals surface area contributed by atoms with E-state index in [2.05, 4.69) is 92.2 Å². The van der Waals surface area contributed by atoms with E-state index in [1.54, 1.807) is 0 Å². The Kier molecular flexibility index (Phi) is 6.87. The van der Waals surface area contributed by atoms with E-state index in [0.717, 1.165) is 41.4 Å². The fourth-order valence-corrected chi connectivity index (χ4v) is 5.38. The summed E-state index contributed by atoms with van der Waals surface area (Å²) in [5, 5.41) is 4.18. The first-order chi connectivity index (χ1) is 18.2. The average Bonchev–Trinajstić information content (AvgIpc) is 3.72. The fraction of sp³-hybridized carbons (Fsp3) is 0.333. The minimum absolute atomic E-state index is 0.0677. The molecule has 196 valence electrons. The van der Waals surface area contributed by atoms with Crippen LogP contribution in [0.4, 0.5) is 0 Å². The van der Waals surface area contributed by atoms with Crippen LogP contribution in [0.15, 0.2) is 66.7 Å². The number of fused-ring (bicyclic) bond motifs is 1. The van der Waals surface area contributed by atoms with Crippen LogP contribution in [0.5, 0.6) is 0 Å². The first-order valence-corrected chi connectivity index (χ1v) is 13.4. The maximum absolute atomic E-state index is 13.0. The lowest BCUT2D eigenvalue weighted by molar-refractivity contribution is -0.143. The van der Waals surface area contributed by atoms with Crippen LogP contribution in [0.25, 0.3) is 10.9 Å². The molecule has 38 heavy (non-hydrogen) atoms. The number of methoxy groups -OCH3 is 1. The number of rotatable bonds is 8. The van der Waals surface area contributed by atoms with Gasteiger partial charge in [0, 0.05) is 35.2 Å². The second kappa shape index (κ2) is 10.1.